The molecule has 0 saturated carbocycles. The minimum Gasteiger partial charge on any atom is -0.0845 e. The lowest BCUT2D eigenvalue weighted by Crippen LogP contribution is -1.77. The summed E-state index contributed by atoms with van der Waals surface area (Å²) < 4.78 is 0. The lowest BCUT2D eigenvalue weighted by molar-refractivity contribution is 0.611. The van der Waals surface area contributed by atoms with Crippen LogP contribution in [0.15, 0.2) is 24.3 Å². The zero-order valence-electron chi connectivity index (χ0n) is 12.8. The molecular formula is C18H34. The van der Waals surface area contributed by atoms with Crippen molar-refractivity contribution >= 4 is 0 Å². The van der Waals surface area contributed by atoms with Crippen LogP contribution in [0.25, 0.3) is 0 Å². The quantitative estimate of drug-likeness (QED) is 0.248. The summed E-state index contributed by atoms with van der Waals surface area (Å²) in [5.41, 5.74) is 0. The Balaban J connectivity index is 3.14. The van der Waals surface area contributed by atoms with Crippen LogP contribution in [-0.2, 0) is 0 Å². The van der Waals surface area contributed by atoms with E-state index in [2.05, 4.69) is 38.2 Å². The SMILES string of the molecule is CCCCCCC=CC=CCCCCCCCC. The van der Waals surface area contributed by atoms with E-state index >= 15 is 0 Å². The Morgan fingerprint density at radius 2 is 0.889 bits per heavy atom. The average molecular weight is 250 g/mol. The third-order valence-electron chi connectivity index (χ3n) is 3.33. The second kappa shape index (κ2) is 16.5. The predicted octanol–water partition coefficient (Wildman–Crippen LogP) is 6.82. The molecule has 0 aromatic rings. The molecule has 0 aromatic heterocycles. The van der Waals surface area contributed by atoms with Crippen molar-refractivity contribution in [3.05, 3.63) is 24.3 Å². The van der Waals surface area contributed by atoms with Crippen LogP contribution in [0.5, 0.6) is 0 Å². The van der Waals surface area contributed by atoms with Crippen molar-refractivity contribution in [3.8, 4) is 0 Å². The Kier molecular flexibility index (Phi) is 16.0. The Labute approximate surface area is 116 Å². The monoisotopic (exact) mass is 250 g/mol. The normalized spacial score (nSPS) is 11.9. The minimum atomic E-state index is 1.25. The molecule has 0 unspecified atom stereocenters. The van der Waals surface area contributed by atoms with Crippen molar-refractivity contribution < 1.29 is 0 Å². The number of allylic oxidation sites excluding steroid dienone is 4. The first-order valence-corrected chi connectivity index (χ1v) is 8.23. The third kappa shape index (κ3) is 15.5. The molecule has 0 aliphatic rings. The first kappa shape index (κ1) is 17.5. The van der Waals surface area contributed by atoms with E-state index in [-0.39, 0.29) is 0 Å². The molecule has 18 heavy (non-hydrogen) atoms. The van der Waals surface area contributed by atoms with Gasteiger partial charge >= 0.3 is 0 Å². The van der Waals surface area contributed by atoms with Gasteiger partial charge in [0.25, 0.3) is 0 Å². The van der Waals surface area contributed by atoms with Gasteiger partial charge in [0, 0.05) is 0 Å². The molecule has 106 valence electrons. The highest BCUT2D eigenvalue weighted by Crippen LogP contribution is 2.07. The van der Waals surface area contributed by atoms with Gasteiger partial charge < -0.3 is 0 Å². The molecule has 0 heteroatoms. The molecule has 0 rings (SSSR count). The molecule has 0 saturated heterocycles. The highest BCUT2D eigenvalue weighted by Gasteiger charge is 1.87. The lowest BCUT2D eigenvalue weighted by Gasteiger charge is -1.97. The highest BCUT2D eigenvalue weighted by atomic mass is 13.9. The van der Waals surface area contributed by atoms with E-state index in [4.69, 9.17) is 0 Å². The predicted molar refractivity (Wildman–Crippen MR) is 85.0 cm³/mol. The summed E-state index contributed by atoms with van der Waals surface area (Å²) in [7, 11) is 0. The maximum Gasteiger partial charge on any atom is -0.0348 e. The Morgan fingerprint density at radius 3 is 1.39 bits per heavy atom. The van der Waals surface area contributed by atoms with Gasteiger partial charge in [0.15, 0.2) is 0 Å². The van der Waals surface area contributed by atoms with E-state index in [1.807, 2.05) is 0 Å². The van der Waals surface area contributed by atoms with Crippen molar-refractivity contribution in [2.45, 2.75) is 90.9 Å². The standard InChI is InChI=1S/C18H34/c1-3-5-7-9-11-13-15-17-18-16-14-12-10-8-6-4-2/h13,15,17-18H,3-12,14,16H2,1-2H3. The number of unbranched alkanes of at least 4 members (excludes halogenated alkanes) is 10. The van der Waals surface area contributed by atoms with Gasteiger partial charge in [0.2, 0.25) is 0 Å². The summed E-state index contributed by atoms with van der Waals surface area (Å²) in [5, 5.41) is 0. The molecular weight excluding hydrogens is 216 g/mol. The van der Waals surface area contributed by atoms with E-state index in [1.54, 1.807) is 0 Å². The van der Waals surface area contributed by atoms with Crippen LogP contribution < -0.4 is 0 Å². The topological polar surface area (TPSA) is 0 Å². The van der Waals surface area contributed by atoms with Gasteiger partial charge in [-0.15, -0.1) is 0 Å². The van der Waals surface area contributed by atoms with Crippen LogP contribution in [-0.4, -0.2) is 0 Å². The van der Waals surface area contributed by atoms with Crippen LogP contribution in [0.4, 0.5) is 0 Å². The second-order valence-corrected chi connectivity index (χ2v) is 5.26. The van der Waals surface area contributed by atoms with E-state index in [0.29, 0.717) is 0 Å². The maximum atomic E-state index is 2.32. The number of hydrogen-bond acceptors (Lipinski definition) is 0. The fraction of sp³-hybridized carbons (Fsp3) is 0.778. The average Bonchev–Trinajstić information content (AvgIpc) is 2.39. The molecule has 0 amide bonds. The van der Waals surface area contributed by atoms with Crippen molar-refractivity contribution in [2.24, 2.45) is 0 Å². The molecule has 0 radical (unpaired) electrons. The number of rotatable bonds is 13. The van der Waals surface area contributed by atoms with Gasteiger partial charge in [-0.1, -0.05) is 89.5 Å². The van der Waals surface area contributed by atoms with Crippen LogP contribution in [0.3, 0.4) is 0 Å². The van der Waals surface area contributed by atoms with Crippen molar-refractivity contribution in [1.29, 1.82) is 0 Å². The molecule has 0 aliphatic heterocycles. The summed E-state index contributed by atoms with van der Waals surface area (Å²) in [4.78, 5) is 0. The van der Waals surface area contributed by atoms with Gasteiger partial charge in [-0.25, -0.2) is 0 Å². The van der Waals surface area contributed by atoms with Crippen LogP contribution in [0.2, 0.25) is 0 Å². The first-order chi connectivity index (χ1) is 8.91. The van der Waals surface area contributed by atoms with Gasteiger partial charge in [-0.2, -0.15) is 0 Å². The molecule has 0 aromatic carbocycles. The van der Waals surface area contributed by atoms with Crippen molar-refractivity contribution in [3.63, 3.8) is 0 Å². The molecule has 0 bridgehead atoms. The Morgan fingerprint density at radius 1 is 0.500 bits per heavy atom. The summed E-state index contributed by atoms with van der Waals surface area (Å²) in [6, 6.07) is 0. The van der Waals surface area contributed by atoms with Crippen molar-refractivity contribution in [2.75, 3.05) is 0 Å². The van der Waals surface area contributed by atoms with E-state index in [9.17, 15) is 0 Å². The van der Waals surface area contributed by atoms with E-state index < -0.39 is 0 Å². The summed E-state index contributed by atoms with van der Waals surface area (Å²) in [6.45, 7) is 4.54. The largest absolute Gasteiger partial charge is 0.0845 e. The van der Waals surface area contributed by atoms with E-state index in [0.717, 1.165) is 0 Å². The van der Waals surface area contributed by atoms with Gasteiger partial charge in [-0.3, -0.25) is 0 Å². The zero-order valence-corrected chi connectivity index (χ0v) is 12.8. The van der Waals surface area contributed by atoms with Crippen LogP contribution >= 0.6 is 0 Å². The molecule has 0 heterocycles. The minimum absolute atomic E-state index is 1.25. The lowest BCUT2D eigenvalue weighted by atomic mass is 10.1. The van der Waals surface area contributed by atoms with Crippen LogP contribution in [0.1, 0.15) is 90.9 Å². The van der Waals surface area contributed by atoms with Crippen LogP contribution in [0, 0.1) is 0 Å². The number of hydrogen-bond donors (Lipinski definition) is 0. The molecule has 0 N–H and O–H groups in total. The Hall–Kier alpha value is -0.520. The van der Waals surface area contributed by atoms with Gasteiger partial charge in [0.1, 0.15) is 0 Å². The van der Waals surface area contributed by atoms with Gasteiger partial charge in [0.05, 0.1) is 0 Å². The molecule has 0 nitrogen and oxygen atoms in total. The fourth-order valence-electron chi connectivity index (χ4n) is 2.08. The second-order valence-electron chi connectivity index (χ2n) is 5.26. The van der Waals surface area contributed by atoms with Crippen molar-refractivity contribution in [1.82, 2.24) is 0 Å². The molecule has 0 atom stereocenters. The molecule has 0 spiro atoms. The fourth-order valence-corrected chi connectivity index (χ4v) is 2.08. The zero-order chi connectivity index (χ0) is 13.3. The maximum absolute atomic E-state index is 2.32. The first-order valence-electron chi connectivity index (χ1n) is 8.23. The molecule has 0 aliphatic carbocycles. The summed E-state index contributed by atoms with van der Waals surface area (Å²) >= 11 is 0. The summed E-state index contributed by atoms with van der Waals surface area (Å²) in [5.74, 6) is 0. The van der Waals surface area contributed by atoms with E-state index in [1.165, 1.54) is 77.0 Å². The molecule has 0 fully saturated rings. The Bertz CT molecular complexity index is 188. The summed E-state index contributed by atoms with van der Waals surface area (Å²) in [6.07, 6.45) is 25.5. The highest BCUT2D eigenvalue weighted by molar-refractivity contribution is 5.02. The third-order valence-corrected chi connectivity index (χ3v) is 3.33. The smallest absolute Gasteiger partial charge is 0.0348 e. The van der Waals surface area contributed by atoms with Gasteiger partial charge in [-0.05, 0) is 25.7 Å².